The van der Waals surface area contributed by atoms with Crippen LogP contribution in [0.25, 0.3) is 5.70 Å². The number of halogens is 1. The molecule has 1 nitrogen and oxygen atoms in total. The predicted octanol–water partition coefficient (Wildman–Crippen LogP) is 2.86. The molecule has 0 saturated carbocycles. The molecule has 0 aromatic heterocycles. The third-order valence-corrected chi connectivity index (χ3v) is 2.16. The molecule has 0 amide bonds. The van der Waals surface area contributed by atoms with Gasteiger partial charge in [-0.2, -0.15) is 5.56 Å². The van der Waals surface area contributed by atoms with Gasteiger partial charge < -0.3 is 5.32 Å². The van der Waals surface area contributed by atoms with E-state index in [2.05, 4.69) is 18.0 Å². The van der Waals surface area contributed by atoms with E-state index in [1.165, 1.54) is 12.1 Å². The SMILES string of the molecule is C=C1CC[C-]=C(c2ccc(F)cc2)N1.[Y]. The van der Waals surface area contributed by atoms with Gasteiger partial charge in [-0.25, -0.2) is 10.5 Å². The van der Waals surface area contributed by atoms with Crippen LogP contribution in [0, 0.1) is 11.9 Å². The van der Waals surface area contributed by atoms with Crippen molar-refractivity contribution < 1.29 is 37.1 Å². The zero-order chi connectivity index (χ0) is 9.97. The summed E-state index contributed by atoms with van der Waals surface area (Å²) in [6.45, 7) is 3.86. The van der Waals surface area contributed by atoms with E-state index in [1.807, 2.05) is 0 Å². The molecule has 0 aliphatic carbocycles. The molecule has 1 radical (unpaired) electrons. The molecule has 75 valence electrons. The first-order chi connectivity index (χ1) is 6.75. The fourth-order valence-corrected chi connectivity index (χ4v) is 1.41. The molecule has 1 N–H and O–H groups in total. The zero-order valence-corrected chi connectivity index (χ0v) is 11.2. The third kappa shape index (κ3) is 3.25. The van der Waals surface area contributed by atoms with E-state index in [9.17, 15) is 4.39 Å². The van der Waals surface area contributed by atoms with Crippen LogP contribution < -0.4 is 5.32 Å². The van der Waals surface area contributed by atoms with Crippen molar-refractivity contribution in [2.24, 2.45) is 0 Å². The Labute approximate surface area is 114 Å². The van der Waals surface area contributed by atoms with Gasteiger partial charge in [-0.05, 0) is 18.6 Å². The quantitative estimate of drug-likeness (QED) is 0.778. The number of rotatable bonds is 1. The minimum atomic E-state index is -0.219. The van der Waals surface area contributed by atoms with Crippen LogP contribution in [0.2, 0.25) is 0 Å². The number of allylic oxidation sites excluding steroid dienone is 2. The Morgan fingerprint density at radius 3 is 2.53 bits per heavy atom. The van der Waals surface area contributed by atoms with Crippen LogP contribution in [-0.4, -0.2) is 0 Å². The van der Waals surface area contributed by atoms with Crippen LogP contribution in [0.3, 0.4) is 0 Å². The number of benzene rings is 1. The Bertz CT molecular complexity index is 381. The molecule has 0 unspecified atom stereocenters. The summed E-state index contributed by atoms with van der Waals surface area (Å²) in [4.78, 5) is 0. The largest absolute Gasteiger partial charge is 0.394 e. The Kier molecular flexibility index (Phi) is 4.68. The molecular formula is C12H11FNY-. The van der Waals surface area contributed by atoms with Crippen molar-refractivity contribution in [2.45, 2.75) is 12.8 Å². The van der Waals surface area contributed by atoms with Crippen molar-refractivity contribution in [3.05, 3.63) is 54.0 Å². The van der Waals surface area contributed by atoms with Crippen molar-refractivity contribution in [2.75, 3.05) is 0 Å². The van der Waals surface area contributed by atoms with Gasteiger partial charge in [-0.3, -0.25) is 0 Å². The number of hydrogen-bond donors (Lipinski definition) is 1. The van der Waals surface area contributed by atoms with Crippen molar-refractivity contribution >= 4 is 5.70 Å². The van der Waals surface area contributed by atoms with E-state index in [0.29, 0.717) is 0 Å². The Morgan fingerprint density at radius 2 is 1.93 bits per heavy atom. The number of nitrogens with one attached hydrogen (secondary N) is 1. The summed E-state index contributed by atoms with van der Waals surface area (Å²) in [5, 5.41) is 3.14. The van der Waals surface area contributed by atoms with Crippen molar-refractivity contribution in [1.29, 1.82) is 0 Å². The molecule has 1 aromatic carbocycles. The minimum absolute atomic E-state index is 0. The second-order valence-corrected chi connectivity index (χ2v) is 3.29. The Balaban J connectivity index is 0.00000112. The predicted molar refractivity (Wildman–Crippen MR) is 54.6 cm³/mol. The maximum Gasteiger partial charge on any atom is 0.120 e. The fourth-order valence-electron chi connectivity index (χ4n) is 1.41. The van der Waals surface area contributed by atoms with Gasteiger partial charge in [0.1, 0.15) is 5.82 Å². The average molecular weight is 277 g/mol. The van der Waals surface area contributed by atoms with Crippen LogP contribution in [0.15, 0.2) is 36.5 Å². The summed E-state index contributed by atoms with van der Waals surface area (Å²) in [6.07, 6.45) is 5.00. The second kappa shape index (κ2) is 5.57. The second-order valence-electron chi connectivity index (χ2n) is 3.29. The van der Waals surface area contributed by atoms with Gasteiger partial charge in [0, 0.05) is 38.4 Å². The molecule has 0 saturated heterocycles. The van der Waals surface area contributed by atoms with E-state index >= 15 is 0 Å². The van der Waals surface area contributed by atoms with Gasteiger partial charge in [0.15, 0.2) is 0 Å². The van der Waals surface area contributed by atoms with Crippen LogP contribution in [0.5, 0.6) is 0 Å². The molecular weight excluding hydrogens is 266 g/mol. The topological polar surface area (TPSA) is 12.0 Å². The average Bonchev–Trinajstić information content (AvgIpc) is 2.19. The first kappa shape index (κ1) is 12.6. The molecule has 1 aliphatic heterocycles. The summed E-state index contributed by atoms with van der Waals surface area (Å²) >= 11 is 0. The molecule has 0 atom stereocenters. The summed E-state index contributed by atoms with van der Waals surface area (Å²) in [5.74, 6) is -0.219. The Morgan fingerprint density at radius 1 is 1.27 bits per heavy atom. The molecule has 1 aromatic rings. The standard InChI is InChI=1S/C12H11FN.Y/c1-9-3-2-4-12(14-9)10-5-7-11(13)8-6-10;/h5-8,14H,1-3H2;/q-1;. The van der Waals surface area contributed by atoms with Crippen molar-refractivity contribution in [3.63, 3.8) is 0 Å². The van der Waals surface area contributed by atoms with Gasteiger partial charge in [0.2, 0.25) is 0 Å². The molecule has 15 heavy (non-hydrogen) atoms. The van der Waals surface area contributed by atoms with Gasteiger partial charge >= 0.3 is 0 Å². The molecule has 0 spiro atoms. The van der Waals surface area contributed by atoms with Crippen LogP contribution in [0.4, 0.5) is 4.39 Å². The zero-order valence-electron chi connectivity index (χ0n) is 8.39. The van der Waals surface area contributed by atoms with Gasteiger partial charge in [-0.1, -0.05) is 6.58 Å². The first-order valence-corrected chi connectivity index (χ1v) is 4.57. The smallest absolute Gasteiger partial charge is 0.120 e. The number of hydrogen-bond acceptors (Lipinski definition) is 1. The van der Waals surface area contributed by atoms with Gasteiger partial charge in [-0.15, -0.1) is 24.3 Å². The van der Waals surface area contributed by atoms with E-state index in [4.69, 9.17) is 0 Å². The van der Waals surface area contributed by atoms with Crippen LogP contribution in [-0.2, 0) is 32.7 Å². The normalized spacial score (nSPS) is 15.0. The molecule has 0 bridgehead atoms. The first-order valence-electron chi connectivity index (χ1n) is 4.57. The van der Waals surface area contributed by atoms with E-state index in [0.717, 1.165) is 29.8 Å². The van der Waals surface area contributed by atoms with Gasteiger partial charge in [0.05, 0.1) is 0 Å². The van der Waals surface area contributed by atoms with Crippen LogP contribution >= 0.6 is 0 Å². The third-order valence-electron chi connectivity index (χ3n) is 2.16. The van der Waals surface area contributed by atoms with E-state index in [-0.39, 0.29) is 38.5 Å². The minimum Gasteiger partial charge on any atom is -0.394 e. The summed E-state index contributed by atoms with van der Waals surface area (Å²) < 4.78 is 12.7. The van der Waals surface area contributed by atoms with E-state index < -0.39 is 0 Å². The maximum absolute atomic E-state index is 12.7. The molecule has 3 heteroatoms. The summed E-state index contributed by atoms with van der Waals surface area (Å²) in [7, 11) is 0. The van der Waals surface area contributed by atoms with Crippen LogP contribution in [0.1, 0.15) is 18.4 Å². The van der Waals surface area contributed by atoms with Gasteiger partial charge in [0.25, 0.3) is 0 Å². The van der Waals surface area contributed by atoms with Crippen molar-refractivity contribution in [3.8, 4) is 0 Å². The fraction of sp³-hybridized carbons (Fsp3) is 0.167. The monoisotopic (exact) mass is 277 g/mol. The molecule has 2 rings (SSSR count). The Hall–Kier alpha value is -0.466. The molecule has 0 fully saturated rings. The maximum atomic E-state index is 12.7. The summed E-state index contributed by atoms with van der Waals surface area (Å²) in [5.41, 5.74) is 2.84. The molecule has 1 heterocycles. The molecule has 1 aliphatic rings. The summed E-state index contributed by atoms with van der Waals surface area (Å²) in [6, 6.07) is 6.37. The van der Waals surface area contributed by atoms with Crippen molar-refractivity contribution in [1.82, 2.24) is 5.32 Å². The van der Waals surface area contributed by atoms with E-state index in [1.54, 1.807) is 12.1 Å².